The fourth-order valence-electron chi connectivity index (χ4n) is 11.4. The minimum Gasteiger partial charge on any atom is -0.466 e. The summed E-state index contributed by atoms with van der Waals surface area (Å²) in [6, 6.07) is -0.545. The van der Waals surface area contributed by atoms with Gasteiger partial charge in [0.1, 0.15) is 0 Å². The number of esters is 1. The van der Waals surface area contributed by atoms with Gasteiger partial charge < -0.3 is 20.3 Å². The molecule has 1 amide bonds. The number of aliphatic hydroxyl groups excluding tert-OH is 2. The van der Waals surface area contributed by atoms with Crippen molar-refractivity contribution >= 4 is 11.9 Å². The Morgan fingerprint density at radius 3 is 0.922 bits per heavy atom. The van der Waals surface area contributed by atoms with E-state index in [1.165, 1.54) is 334 Å². The summed E-state index contributed by atoms with van der Waals surface area (Å²) in [6.45, 7) is 4.99. The van der Waals surface area contributed by atoms with E-state index in [2.05, 4.69) is 31.3 Å². The zero-order valence-electron chi connectivity index (χ0n) is 52.5. The number of nitrogens with one attached hydrogen (secondary N) is 1. The van der Waals surface area contributed by atoms with Gasteiger partial charge in [0.25, 0.3) is 0 Å². The molecule has 0 aliphatic heterocycles. The fraction of sp³-hybridized carbons (Fsp3) is 0.944. The summed E-state index contributed by atoms with van der Waals surface area (Å²) in [6.07, 6.45) is 82.6. The van der Waals surface area contributed by atoms with Gasteiger partial charge in [0, 0.05) is 12.8 Å². The quantitative estimate of drug-likeness (QED) is 0.0320. The number of carbonyl (C=O) groups excluding carboxylic acids is 2. The molecule has 0 aromatic rings. The first-order chi connectivity index (χ1) is 38.0. The maximum absolute atomic E-state index is 12.5. The second-order valence-corrected chi connectivity index (χ2v) is 24.6. The Balaban J connectivity index is 3.40. The Morgan fingerprint density at radius 1 is 0.351 bits per heavy atom. The summed E-state index contributed by atoms with van der Waals surface area (Å²) < 4.78 is 5.49. The predicted molar refractivity (Wildman–Crippen MR) is 338 cm³/mol. The topological polar surface area (TPSA) is 95.9 Å². The number of carbonyl (C=O) groups is 2. The summed E-state index contributed by atoms with van der Waals surface area (Å²) >= 11 is 0. The van der Waals surface area contributed by atoms with Crippen LogP contribution in [0.4, 0.5) is 0 Å². The SMILES string of the molecule is CCCCCCCCCCCCCCCCCCCCCCCCCC(O)C(CO)NC(=O)CCCCCCCCCC/C=C\CCCCCCCCCCCCCCOC(=O)CCCCCCCCCCCCCCC. The van der Waals surface area contributed by atoms with E-state index >= 15 is 0 Å². The van der Waals surface area contributed by atoms with Gasteiger partial charge in [-0.05, 0) is 51.4 Å². The monoisotopic (exact) mass is 1090 g/mol. The standard InChI is InChI=1S/C71H139NO5/c1-3-5-7-9-11-13-15-17-18-19-20-21-24-27-30-33-36-40-43-47-51-55-59-63-69(74)68(67-73)72-70(75)64-60-56-52-48-44-41-37-34-31-28-25-22-23-26-29-32-35-38-42-46-50-54-58-62-66-77-71(76)65-61-57-53-49-45-39-16-14-12-10-8-6-4-2/h25,28,68-69,73-74H,3-24,26-27,29-67H2,1-2H3,(H,72,75)/b28-25-. The average molecular weight is 1090 g/mol. The second kappa shape index (κ2) is 67.1. The van der Waals surface area contributed by atoms with Crippen molar-refractivity contribution in [1.29, 1.82) is 0 Å². The van der Waals surface area contributed by atoms with Gasteiger partial charge >= 0.3 is 5.97 Å². The molecule has 3 N–H and O–H groups in total. The molecule has 77 heavy (non-hydrogen) atoms. The number of ether oxygens (including phenoxy) is 1. The number of hydrogen-bond donors (Lipinski definition) is 3. The number of unbranched alkanes of at least 4 members (excludes halogenated alkanes) is 54. The third-order valence-corrected chi connectivity index (χ3v) is 16.8. The Hall–Kier alpha value is -1.40. The highest BCUT2D eigenvalue weighted by Gasteiger charge is 2.20. The van der Waals surface area contributed by atoms with Crippen molar-refractivity contribution in [1.82, 2.24) is 5.32 Å². The zero-order valence-corrected chi connectivity index (χ0v) is 52.5. The number of hydrogen-bond acceptors (Lipinski definition) is 5. The molecule has 0 saturated carbocycles. The van der Waals surface area contributed by atoms with Crippen molar-refractivity contribution in [2.24, 2.45) is 0 Å². The molecule has 0 radical (unpaired) electrons. The molecular formula is C71H139NO5. The highest BCUT2D eigenvalue weighted by atomic mass is 16.5. The van der Waals surface area contributed by atoms with Crippen LogP contribution in [0.25, 0.3) is 0 Å². The van der Waals surface area contributed by atoms with Crippen molar-refractivity contribution in [3.63, 3.8) is 0 Å². The van der Waals surface area contributed by atoms with Gasteiger partial charge in [-0.2, -0.15) is 0 Å². The van der Waals surface area contributed by atoms with E-state index in [1.54, 1.807) is 0 Å². The highest BCUT2D eigenvalue weighted by molar-refractivity contribution is 5.76. The molecule has 458 valence electrons. The Bertz CT molecular complexity index is 1160. The van der Waals surface area contributed by atoms with Crippen molar-refractivity contribution in [3.05, 3.63) is 12.2 Å². The number of allylic oxidation sites excluding steroid dienone is 2. The summed E-state index contributed by atoms with van der Waals surface area (Å²) in [5.41, 5.74) is 0. The van der Waals surface area contributed by atoms with Crippen molar-refractivity contribution in [3.8, 4) is 0 Å². The first kappa shape index (κ1) is 75.6. The minimum atomic E-state index is -0.668. The van der Waals surface area contributed by atoms with Gasteiger partial charge in [0.15, 0.2) is 0 Å². The number of aliphatic hydroxyl groups is 2. The van der Waals surface area contributed by atoms with Crippen LogP contribution in [0.1, 0.15) is 406 Å². The largest absolute Gasteiger partial charge is 0.466 e. The maximum Gasteiger partial charge on any atom is 0.305 e. The Labute approximate surface area is 482 Å². The summed E-state index contributed by atoms with van der Waals surface area (Å²) in [7, 11) is 0. The number of amides is 1. The lowest BCUT2D eigenvalue weighted by atomic mass is 10.0. The zero-order chi connectivity index (χ0) is 55.7. The van der Waals surface area contributed by atoms with E-state index < -0.39 is 12.1 Å². The van der Waals surface area contributed by atoms with Gasteiger partial charge in [0.2, 0.25) is 5.91 Å². The van der Waals surface area contributed by atoms with Crippen molar-refractivity contribution in [2.45, 2.75) is 418 Å². The van der Waals surface area contributed by atoms with Gasteiger partial charge in [-0.3, -0.25) is 9.59 Å². The van der Waals surface area contributed by atoms with Crippen LogP contribution >= 0.6 is 0 Å². The van der Waals surface area contributed by atoms with Gasteiger partial charge in [0.05, 0.1) is 25.4 Å². The molecular weight excluding hydrogens is 947 g/mol. The highest BCUT2D eigenvalue weighted by Crippen LogP contribution is 2.19. The summed E-state index contributed by atoms with van der Waals surface area (Å²) in [4.78, 5) is 24.6. The fourth-order valence-corrected chi connectivity index (χ4v) is 11.4. The first-order valence-corrected chi connectivity index (χ1v) is 35.4. The third kappa shape index (κ3) is 63.6. The summed E-state index contributed by atoms with van der Waals surface area (Å²) in [5, 5.41) is 23.4. The minimum absolute atomic E-state index is 0.0152. The number of rotatable bonds is 67. The molecule has 0 bridgehead atoms. The van der Waals surface area contributed by atoms with E-state index in [9.17, 15) is 19.8 Å². The molecule has 6 nitrogen and oxygen atoms in total. The first-order valence-electron chi connectivity index (χ1n) is 35.4. The molecule has 0 saturated heterocycles. The smallest absolute Gasteiger partial charge is 0.305 e. The van der Waals surface area contributed by atoms with Crippen molar-refractivity contribution in [2.75, 3.05) is 13.2 Å². The molecule has 6 heteroatoms. The summed E-state index contributed by atoms with van der Waals surface area (Å²) in [5.74, 6) is -0.0191. The normalized spacial score (nSPS) is 12.5. The molecule has 0 aromatic heterocycles. The van der Waals surface area contributed by atoms with Crippen LogP contribution in [0.5, 0.6) is 0 Å². The lowest BCUT2D eigenvalue weighted by molar-refractivity contribution is -0.143. The molecule has 2 unspecified atom stereocenters. The molecule has 0 fully saturated rings. The maximum atomic E-state index is 12.5. The van der Waals surface area contributed by atoms with Crippen LogP contribution in [0, 0.1) is 0 Å². The molecule has 0 aliphatic rings. The molecule has 0 aliphatic carbocycles. The van der Waals surface area contributed by atoms with E-state index in [-0.39, 0.29) is 18.5 Å². The van der Waals surface area contributed by atoms with E-state index in [4.69, 9.17) is 4.74 Å². The van der Waals surface area contributed by atoms with Crippen molar-refractivity contribution < 1.29 is 24.5 Å². The Morgan fingerprint density at radius 2 is 0.610 bits per heavy atom. The molecule has 0 spiro atoms. The van der Waals surface area contributed by atoms with Gasteiger partial charge in [-0.15, -0.1) is 0 Å². The van der Waals surface area contributed by atoms with E-state index in [1.807, 2.05) is 0 Å². The lowest BCUT2D eigenvalue weighted by Crippen LogP contribution is -2.45. The Kier molecular flexibility index (Phi) is 65.9. The molecule has 0 rings (SSSR count). The third-order valence-electron chi connectivity index (χ3n) is 16.8. The van der Waals surface area contributed by atoms with Crippen LogP contribution in [0.3, 0.4) is 0 Å². The van der Waals surface area contributed by atoms with E-state index in [0.717, 1.165) is 38.5 Å². The molecule has 0 heterocycles. The predicted octanol–water partition coefficient (Wildman–Crippen LogP) is 22.8. The van der Waals surface area contributed by atoms with Crippen LogP contribution in [0.15, 0.2) is 12.2 Å². The van der Waals surface area contributed by atoms with Crippen LogP contribution in [-0.4, -0.2) is 47.4 Å². The van der Waals surface area contributed by atoms with Crippen LogP contribution in [0.2, 0.25) is 0 Å². The van der Waals surface area contributed by atoms with Gasteiger partial charge in [-0.1, -0.05) is 353 Å². The van der Waals surface area contributed by atoms with E-state index in [0.29, 0.717) is 25.9 Å². The van der Waals surface area contributed by atoms with Gasteiger partial charge in [-0.25, -0.2) is 0 Å². The molecule has 0 aromatic carbocycles. The lowest BCUT2D eigenvalue weighted by Gasteiger charge is -2.22. The second-order valence-electron chi connectivity index (χ2n) is 24.6. The molecule has 2 atom stereocenters. The average Bonchev–Trinajstić information content (AvgIpc) is 3.43. The van der Waals surface area contributed by atoms with Crippen LogP contribution < -0.4 is 5.32 Å². The van der Waals surface area contributed by atoms with Crippen LogP contribution in [-0.2, 0) is 14.3 Å².